The van der Waals surface area contributed by atoms with Crippen LogP contribution in [-0.2, 0) is 19.5 Å². The maximum Gasteiger partial charge on any atom is 0.216 e. The lowest BCUT2D eigenvalue weighted by atomic mass is 10.0. The lowest BCUT2D eigenvalue weighted by Gasteiger charge is -2.37. The van der Waals surface area contributed by atoms with E-state index in [2.05, 4.69) is 0 Å². The Morgan fingerprint density at radius 2 is 2.06 bits per heavy atom. The Hall–Kier alpha value is 0.0800. The van der Waals surface area contributed by atoms with Gasteiger partial charge in [0.05, 0.1) is 18.5 Å². The molecule has 1 fully saturated rings. The molecule has 0 radical (unpaired) electrons. The van der Waals surface area contributed by atoms with Crippen LogP contribution >= 0.6 is 12.4 Å². The third-order valence-electron chi connectivity index (χ3n) is 3.12. The third kappa shape index (κ3) is 4.64. The Kier molecular flexibility index (Phi) is 8.33. The second kappa shape index (κ2) is 8.29. The van der Waals surface area contributed by atoms with Crippen LogP contribution < -0.4 is 5.73 Å². The van der Waals surface area contributed by atoms with Gasteiger partial charge >= 0.3 is 0 Å². The summed E-state index contributed by atoms with van der Waals surface area (Å²) in [6.07, 6.45) is 1.50. The van der Waals surface area contributed by atoms with Gasteiger partial charge in [-0.2, -0.15) is 4.31 Å². The predicted octanol–water partition coefficient (Wildman–Crippen LogP) is -0.177. The Bertz CT molecular complexity index is 326. The highest BCUT2D eigenvalue weighted by atomic mass is 35.5. The quantitative estimate of drug-likeness (QED) is 0.736. The largest absolute Gasteiger partial charge is 0.384 e. The zero-order valence-corrected chi connectivity index (χ0v) is 12.5. The summed E-state index contributed by atoms with van der Waals surface area (Å²) in [5.74, 6) is 0.0116. The molecule has 18 heavy (non-hydrogen) atoms. The van der Waals surface area contributed by atoms with Crippen LogP contribution in [0.1, 0.15) is 12.8 Å². The Labute approximate surface area is 115 Å². The Morgan fingerprint density at radius 1 is 1.39 bits per heavy atom. The molecule has 2 atom stereocenters. The molecule has 1 aliphatic rings. The molecule has 1 heterocycles. The molecule has 0 amide bonds. The molecule has 0 saturated carbocycles. The molecule has 0 spiro atoms. The number of halogens is 1. The summed E-state index contributed by atoms with van der Waals surface area (Å²) < 4.78 is 35.7. The SMILES string of the molecule is COCCS(=O)(=O)N1CCC(OC)CC1CN.Cl. The molecule has 1 aliphatic heterocycles. The zero-order chi connectivity index (χ0) is 12.9. The average molecular weight is 303 g/mol. The first kappa shape index (κ1) is 18.1. The number of hydrogen-bond acceptors (Lipinski definition) is 5. The van der Waals surface area contributed by atoms with E-state index in [0.717, 1.165) is 6.42 Å². The summed E-state index contributed by atoms with van der Waals surface area (Å²) in [7, 11) is -0.126. The monoisotopic (exact) mass is 302 g/mol. The summed E-state index contributed by atoms with van der Waals surface area (Å²) in [6, 6.07) is -0.157. The fourth-order valence-corrected chi connectivity index (χ4v) is 3.71. The normalized spacial score (nSPS) is 25.7. The van der Waals surface area contributed by atoms with Crippen LogP contribution in [0, 0.1) is 0 Å². The molecular formula is C10H23ClN2O4S. The minimum atomic E-state index is -3.27. The molecule has 0 aliphatic carbocycles. The van der Waals surface area contributed by atoms with E-state index in [1.807, 2.05) is 0 Å². The van der Waals surface area contributed by atoms with Crippen molar-refractivity contribution in [2.75, 3.05) is 39.7 Å². The van der Waals surface area contributed by atoms with Gasteiger partial charge in [0.1, 0.15) is 0 Å². The van der Waals surface area contributed by atoms with Crippen molar-refractivity contribution < 1.29 is 17.9 Å². The molecule has 1 rings (SSSR count). The minimum absolute atomic E-state index is 0. The van der Waals surface area contributed by atoms with E-state index < -0.39 is 10.0 Å². The van der Waals surface area contributed by atoms with E-state index in [9.17, 15) is 8.42 Å². The maximum atomic E-state index is 12.1. The highest BCUT2D eigenvalue weighted by Crippen LogP contribution is 2.22. The van der Waals surface area contributed by atoms with Gasteiger partial charge in [-0.1, -0.05) is 0 Å². The van der Waals surface area contributed by atoms with Crippen molar-refractivity contribution in [2.24, 2.45) is 5.73 Å². The van der Waals surface area contributed by atoms with Gasteiger partial charge < -0.3 is 15.2 Å². The number of nitrogens with zero attached hydrogens (tertiary/aromatic N) is 1. The van der Waals surface area contributed by atoms with E-state index in [-0.39, 0.29) is 36.9 Å². The van der Waals surface area contributed by atoms with Crippen LogP contribution in [0.15, 0.2) is 0 Å². The molecule has 0 aromatic heterocycles. The van der Waals surface area contributed by atoms with Crippen molar-refractivity contribution in [1.29, 1.82) is 0 Å². The molecule has 6 nitrogen and oxygen atoms in total. The Balaban J connectivity index is 0.00000289. The molecule has 2 unspecified atom stereocenters. The van der Waals surface area contributed by atoms with Gasteiger partial charge in [-0.25, -0.2) is 8.42 Å². The summed E-state index contributed by atoms with van der Waals surface area (Å²) in [5.41, 5.74) is 5.64. The van der Waals surface area contributed by atoms with E-state index in [4.69, 9.17) is 15.2 Å². The number of ether oxygens (including phenoxy) is 2. The summed E-state index contributed by atoms with van der Waals surface area (Å²) in [6.45, 7) is 1.02. The van der Waals surface area contributed by atoms with Crippen LogP contribution in [0.3, 0.4) is 0 Å². The molecular weight excluding hydrogens is 280 g/mol. The van der Waals surface area contributed by atoms with Gasteiger partial charge in [-0.05, 0) is 12.8 Å². The van der Waals surface area contributed by atoms with Gasteiger partial charge in [0.15, 0.2) is 0 Å². The number of rotatable bonds is 6. The van der Waals surface area contributed by atoms with Gasteiger partial charge in [-0.3, -0.25) is 0 Å². The fraction of sp³-hybridized carbons (Fsp3) is 1.00. The summed E-state index contributed by atoms with van der Waals surface area (Å²) in [5, 5.41) is 0. The van der Waals surface area contributed by atoms with Crippen molar-refractivity contribution in [2.45, 2.75) is 25.0 Å². The minimum Gasteiger partial charge on any atom is -0.384 e. The van der Waals surface area contributed by atoms with Crippen LogP contribution in [-0.4, -0.2) is 64.5 Å². The maximum absolute atomic E-state index is 12.1. The summed E-state index contributed by atoms with van der Waals surface area (Å²) >= 11 is 0. The summed E-state index contributed by atoms with van der Waals surface area (Å²) in [4.78, 5) is 0. The van der Waals surface area contributed by atoms with Gasteiger partial charge in [0.2, 0.25) is 10.0 Å². The number of sulfonamides is 1. The van der Waals surface area contributed by atoms with Crippen LogP contribution in [0.4, 0.5) is 0 Å². The lowest BCUT2D eigenvalue weighted by Crippen LogP contribution is -2.52. The van der Waals surface area contributed by atoms with Gasteiger partial charge in [-0.15, -0.1) is 12.4 Å². The molecule has 0 aromatic rings. The zero-order valence-electron chi connectivity index (χ0n) is 10.9. The van der Waals surface area contributed by atoms with Crippen molar-refractivity contribution in [3.63, 3.8) is 0 Å². The number of piperidine rings is 1. The number of nitrogens with two attached hydrogens (primary N) is 1. The highest BCUT2D eigenvalue weighted by Gasteiger charge is 2.34. The third-order valence-corrected chi connectivity index (χ3v) is 5.00. The van der Waals surface area contributed by atoms with Crippen molar-refractivity contribution >= 4 is 22.4 Å². The van der Waals surface area contributed by atoms with Gasteiger partial charge in [0.25, 0.3) is 0 Å². The van der Waals surface area contributed by atoms with Crippen LogP contribution in [0.25, 0.3) is 0 Å². The van der Waals surface area contributed by atoms with E-state index in [1.165, 1.54) is 11.4 Å². The van der Waals surface area contributed by atoms with Gasteiger partial charge in [0, 0.05) is 33.4 Å². The van der Waals surface area contributed by atoms with E-state index in [0.29, 0.717) is 19.5 Å². The molecule has 110 valence electrons. The van der Waals surface area contributed by atoms with Crippen molar-refractivity contribution in [3.05, 3.63) is 0 Å². The topological polar surface area (TPSA) is 81.9 Å². The van der Waals surface area contributed by atoms with Crippen molar-refractivity contribution in [1.82, 2.24) is 4.31 Å². The average Bonchev–Trinajstić information content (AvgIpc) is 2.35. The first-order chi connectivity index (χ1) is 8.05. The van der Waals surface area contributed by atoms with Crippen LogP contribution in [0.2, 0.25) is 0 Å². The fourth-order valence-electron chi connectivity index (χ4n) is 2.09. The van der Waals surface area contributed by atoms with Crippen molar-refractivity contribution in [3.8, 4) is 0 Å². The molecule has 0 bridgehead atoms. The lowest BCUT2D eigenvalue weighted by molar-refractivity contribution is 0.0400. The second-order valence-corrected chi connectivity index (χ2v) is 6.23. The highest BCUT2D eigenvalue weighted by molar-refractivity contribution is 7.89. The standard InChI is InChI=1S/C10H22N2O4S.ClH/c1-15-5-6-17(13,14)12-4-3-10(16-2)7-9(12)8-11;/h9-10H,3-8,11H2,1-2H3;1H. The number of hydrogen-bond donors (Lipinski definition) is 1. The molecule has 2 N–H and O–H groups in total. The molecule has 0 aromatic carbocycles. The first-order valence-electron chi connectivity index (χ1n) is 5.76. The first-order valence-corrected chi connectivity index (χ1v) is 7.37. The Morgan fingerprint density at radius 3 is 2.56 bits per heavy atom. The smallest absolute Gasteiger partial charge is 0.216 e. The second-order valence-electron chi connectivity index (χ2n) is 4.19. The van der Waals surface area contributed by atoms with E-state index >= 15 is 0 Å². The molecule has 1 saturated heterocycles. The number of methoxy groups -OCH3 is 2. The predicted molar refractivity (Wildman–Crippen MR) is 72.5 cm³/mol. The van der Waals surface area contributed by atoms with Crippen LogP contribution in [0.5, 0.6) is 0 Å². The molecule has 8 heteroatoms. The van der Waals surface area contributed by atoms with E-state index in [1.54, 1.807) is 7.11 Å².